The van der Waals surface area contributed by atoms with Crippen LogP contribution in [0.4, 0.5) is 0 Å². The maximum atomic E-state index is 10.6. The first kappa shape index (κ1) is 9.93. The Hall–Kier alpha value is -0.610. The molecule has 1 aliphatic carbocycles. The first-order chi connectivity index (χ1) is 6.66. The maximum absolute atomic E-state index is 10.6. The van der Waals surface area contributed by atoms with Gasteiger partial charge in [-0.15, -0.1) is 0 Å². The van der Waals surface area contributed by atoms with Crippen molar-refractivity contribution in [3.8, 4) is 0 Å². The van der Waals surface area contributed by atoms with Gasteiger partial charge in [0.15, 0.2) is 0 Å². The number of aliphatic carboxylic acids is 1. The van der Waals surface area contributed by atoms with E-state index in [-0.39, 0.29) is 6.54 Å². The van der Waals surface area contributed by atoms with E-state index in [1.165, 1.54) is 12.8 Å². The standard InChI is InChI=1S/C10H18N2O2/c11-9-3-1-2-7-4-12(5-8(7)9)6-10(13)14/h7-9H,1-6,11H2,(H,13,14). The molecule has 0 amide bonds. The number of carboxylic acids is 1. The maximum Gasteiger partial charge on any atom is 0.317 e. The summed E-state index contributed by atoms with van der Waals surface area (Å²) in [6, 6.07) is 0.299. The number of nitrogens with zero attached hydrogens (tertiary/aromatic N) is 1. The van der Waals surface area contributed by atoms with Crippen molar-refractivity contribution < 1.29 is 9.90 Å². The summed E-state index contributed by atoms with van der Waals surface area (Å²) >= 11 is 0. The first-order valence-electron chi connectivity index (χ1n) is 5.36. The van der Waals surface area contributed by atoms with Crippen molar-refractivity contribution in [2.24, 2.45) is 17.6 Å². The second-order valence-electron chi connectivity index (χ2n) is 4.61. The first-order valence-corrected chi connectivity index (χ1v) is 5.36. The fraction of sp³-hybridized carbons (Fsp3) is 0.900. The third-order valence-electron chi connectivity index (χ3n) is 3.59. The molecule has 0 radical (unpaired) electrons. The van der Waals surface area contributed by atoms with Crippen LogP contribution in [0, 0.1) is 11.8 Å². The van der Waals surface area contributed by atoms with Gasteiger partial charge < -0.3 is 10.8 Å². The van der Waals surface area contributed by atoms with Crippen molar-refractivity contribution in [2.45, 2.75) is 25.3 Å². The van der Waals surface area contributed by atoms with Crippen molar-refractivity contribution in [3.05, 3.63) is 0 Å². The minimum atomic E-state index is -0.725. The van der Waals surface area contributed by atoms with E-state index in [1.54, 1.807) is 0 Å². The Kier molecular flexibility index (Phi) is 2.74. The van der Waals surface area contributed by atoms with Gasteiger partial charge in [0.2, 0.25) is 0 Å². The Bertz CT molecular complexity index is 232. The Morgan fingerprint density at radius 2 is 2.21 bits per heavy atom. The van der Waals surface area contributed by atoms with Crippen LogP contribution < -0.4 is 5.73 Å². The predicted molar refractivity (Wildman–Crippen MR) is 52.9 cm³/mol. The normalized spacial score (nSPS) is 38.2. The Morgan fingerprint density at radius 1 is 1.43 bits per heavy atom. The van der Waals surface area contributed by atoms with Crippen molar-refractivity contribution in [1.82, 2.24) is 4.90 Å². The molecule has 4 heteroatoms. The quantitative estimate of drug-likeness (QED) is 0.662. The van der Waals surface area contributed by atoms with Crippen LogP contribution in [-0.2, 0) is 4.79 Å². The van der Waals surface area contributed by atoms with Crippen molar-refractivity contribution in [3.63, 3.8) is 0 Å². The minimum absolute atomic E-state index is 0.180. The molecular weight excluding hydrogens is 180 g/mol. The fourth-order valence-corrected chi connectivity index (χ4v) is 2.93. The number of rotatable bonds is 2. The lowest BCUT2D eigenvalue weighted by atomic mass is 9.78. The van der Waals surface area contributed by atoms with Crippen molar-refractivity contribution in [1.29, 1.82) is 0 Å². The second-order valence-corrected chi connectivity index (χ2v) is 4.61. The molecule has 1 saturated heterocycles. The van der Waals surface area contributed by atoms with Gasteiger partial charge in [-0.05, 0) is 24.7 Å². The molecule has 0 spiro atoms. The predicted octanol–water partition coefficient (Wildman–Crippen LogP) is 0.130. The summed E-state index contributed by atoms with van der Waals surface area (Å²) in [5, 5.41) is 8.70. The smallest absolute Gasteiger partial charge is 0.317 e. The van der Waals surface area contributed by atoms with Gasteiger partial charge >= 0.3 is 5.97 Å². The van der Waals surface area contributed by atoms with Crippen LogP contribution in [0.5, 0.6) is 0 Å². The van der Waals surface area contributed by atoms with Crippen LogP contribution in [0.1, 0.15) is 19.3 Å². The summed E-state index contributed by atoms with van der Waals surface area (Å²) in [6.07, 6.45) is 3.56. The molecule has 2 fully saturated rings. The lowest BCUT2D eigenvalue weighted by Gasteiger charge is -2.29. The molecule has 1 aliphatic heterocycles. The van der Waals surface area contributed by atoms with Crippen LogP contribution in [0.2, 0.25) is 0 Å². The summed E-state index contributed by atoms with van der Waals surface area (Å²) in [4.78, 5) is 12.6. The van der Waals surface area contributed by atoms with E-state index in [9.17, 15) is 4.79 Å². The molecule has 1 heterocycles. The molecular formula is C10H18N2O2. The van der Waals surface area contributed by atoms with Crippen molar-refractivity contribution >= 4 is 5.97 Å². The summed E-state index contributed by atoms with van der Waals surface area (Å²) in [7, 11) is 0. The van der Waals surface area contributed by atoms with Crippen molar-refractivity contribution in [2.75, 3.05) is 19.6 Å². The minimum Gasteiger partial charge on any atom is -0.480 e. The molecule has 0 aromatic heterocycles. The van der Waals surface area contributed by atoms with E-state index in [1.807, 2.05) is 4.90 Å². The molecule has 14 heavy (non-hydrogen) atoms. The Balaban J connectivity index is 1.93. The van der Waals surface area contributed by atoms with E-state index in [0.29, 0.717) is 17.9 Å². The molecule has 0 bridgehead atoms. The van der Waals surface area contributed by atoms with Gasteiger partial charge in [0.05, 0.1) is 6.54 Å². The number of nitrogens with two attached hydrogens (primary N) is 1. The highest BCUT2D eigenvalue weighted by Crippen LogP contribution is 2.35. The number of fused-ring (bicyclic) bond motifs is 1. The van der Waals surface area contributed by atoms with Crippen LogP contribution in [0.25, 0.3) is 0 Å². The number of carbonyl (C=O) groups is 1. The molecule has 1 saturated carbocycles. The number of carboxylic acid groups (broad SMARTS) is 1. The zero-order valence-corrected chi connectivity index (χ0v) is 8.35. The van der Waals surface area contributed by atoms with Gasteiger partial charge in [-0.3, -0.25) is 9.69 Å². The number of hydrogen-bond acceptors (Lipinski definition) is 3. The van der Waals surface area contributed by atoms with E-state index in [2.05, 4.69) is 0 Å². The molecule has 0 aromatic rings. The summed E-state index contributed by atoms with van der Waals surface area (Å²) in [5.74, 6) is 0.471. The average Bonchev–Trinajstić information content (AvgIpc) is 2.47. The molecule has 4 nitrogen and oxygen atoms in total. The average molecular weight is 198 g/mol. The zero-order chi connectivity index (χ0) is 10.1. The lowest BCUT2D eigenvalue weighted by Crippen LogP contribution is -2.38. The second kappa shape index (κ2) is 3.87. The topological polar surface area (TPSA) is 66.6 Å². The number of likely N-dealkylation sites (tertiary alicyclic amines) is 1. The third kappa shape index (κ3) is 1.91. The van der Waals surface area contributed by atoms with Gasteiger partial charge in [0.25, 0.3) is 0 Å². The van der Waals surface area contributed by atoms with Crippen LogP contribution in [0.3, 0.4) is 0 Å². The SMILES string of the molecule is NC1CCCC2CN(CC(=O)O)CC12. The highest BCUT2D eigenvalue weighted by Gasteiger charge is 2.38. The van der Waals surface area contributed by atoms with Gasteiger partial charge in [0, 0.05) is 19.1 Å². The van der Waals surface area contributed by atoms with Crippen LogP contribution in [0.15, 0.2) is 0 Å². The van der Waals surface area contributed by atoms with Gasteiger partial charge in [0.1, 0.15) is 0 Å². The molecule has 2 aliphatic rings. The highest BCUT2D eigenvalue weighted by atomic mass is 16.4. The monoisotopic (exact) mass is 198 g/mol. The van der Waals surface area contributed by atoms with E-state index in [0.717, 1.165) is 19.5 Å². The highest BCUT2D eigenvalue weighted by molar-refractivity contribution is 5.69. The molecule has 3 N–H and O–H groups in total. The molecule has 3 unspecified atom stereocenters. The van der Waals surface area contributed by atoms with Gasteiger partial charge in [-0.25, -0.2) is 0 Å². The van der Waals surface area contributed by atoms with E-state index < -0.39 is 5.97 Å². The van der Waals surface area contributed by atoms with Gasteiger partial charge in [-0.1, -0.05) is 6.42 Å². The molecule has 3 atom stereocenters. The Morgan fingerprint density at radius 3 is 2.86 bits per heavy atom. The third-order valence-corrected chi connectivity index (χ3v) is 3.59. The lowest BCUT2D eigenvalue weighted by molar-refractivity contribution is -0.138. The van der Waals surface area contributed by atoms with E-state index >= 15 is 0 Å². The molecule has 2 rings (SSSR count). The van der Waals surface area contributed by atoms with Crippen LogP contribution in [-0.4, -0.2) is 41.7 Å². The largest absolute Gasteiger partial charge is 0.480 e. The summed E-state index contributed by atoms with van der Waals surface area (Å²) < 4.78 is 0. The van der Waals surface area contributed by atoms with E-state index in [4.69, 9.17) is 10.8 Å². The van der Waals surface area contributed by atoms with Gasteiger partial charge in [-0.2, -0.15) is 0 Å². The molecule has 80 valence electrons. The summed E-state index contributed by atoms with van der Waals surface area (Å²) in [5.41, 5.74) is 6.04. The number of hydrogen-bond donors (Lipinski definition) is 2. The van der Waals surface area contributed by atoms with Crippen LogP contribution >= 0.6 is 0 Å². The summed E-state index contributed by atoms with van der Waals surface area (Å²) in [6.45, 7) is 2.00. The fourth-order valence-electron chi connectivity index (χ4n) is 2.93. The molecule has 0 aromatic carbocycles. The zero-order valence-electron chi connectivity index (χ0n) is 8.35. The Labute approximate surface area is 84.1 Å².